The zero-order valence-corrected chi connectivity index (χ0v) is 13.8. The van der Waals surface area contributed by atoms with Crippen molar-refractivity contribution in [1.29, 1.82) is 0 Å². The molecule has 1 aliphatic carbocycles. The highest BCUT2D eigenvalue weighted by molar-refractivity contribution is 6.53. The van der Waals surface area contributed by atoms with Gasteiger partial charge in [0.05, 0.1) is 10.0 Å². The summed E-state index contributed by atoms with van der Waals surface area (Å²) in [6, 6.07) is 1.43. The Morgan fingerprint density at radius 1 is 1.43 bits per heavy atom. The van der Waals surface area contributed by atoms with Crippen molar-refractivity contribution in [2.45, 2.75) is 17.7 Å². The Kier molecular flexibility index (Phi) is 4.59. The minimum absolute atomic E-state index is 0.129. The molecule has 2 rings (SSSR count). The Bertz CT molecular complexity index is 608. The maximum atomic E-state index is 11.8. The number of hydrogen-bond donors (Lipinski definition) is 1. The van der Waals surface area contributed by atoms with Gasteiger partial charge in [-0.3, -0.25) is 9.59 Å². The number of aromatic nitrogens is 1. The Labute approximate surface area is 140 Å². The quantitative estimate of drug-likeness (QED) is 0.650. The number of amides is 1. The zero-order valence-electron chi connectivity index (χ0n) is 10.8. The summed E-state index contributed by atoms with van der Waals surface area (Å²) in [5.74, 6) is -1.08. The molecular weight excluding hydrogens is 362 g/mol. The normalized spacial score (nSPS) is 22.5. The molecule has 5 nitrogen and oxygen atoms in total. The van der Waals surface area contributed by atoms with Crippen LogP contribution in [0, 0.1) is 5.41 Å². The molecule has 1 unspecified atom stereocenters. The third-order valence-electron chi connectivity index (χ3n) is 3.11. The topological polar surface area (TPSA) is 68.3 Å². The van der Waals surface area contributed by atoms with E-state index < -0.39 is 28.2 Å². The van der Waals surface area contributed by atoms with Crippen LogP contribution in [0.5, 0.6) is 0 Å². The first-order chi connectivity index (χ1) is 9.65. The van der Waals surface area contributed by atoms with Crippen LogP contribution in [0.15, 0.2) is 12.3 Å². The van der Waals surface area contributed by atoms with Crippen molar-refractivity contribution in [2.24, 2.45) is 5.41 Å². The molecule has 0 spiro atoms. The van der Waals surface area contributed by atoms with E-state index in [2.05, 4.69) is 10.3 Å². The molecule has 0 bridgehead atoms. The molecule has 1 heterocycles. The van der Waals surface area contributed by atoms with Gasteiger partial charge in [0.15, 0.2) is 12.4 Å². The van der Waals surface area contributed by atoms with Gasteiger partial charge < -0.3 is 10.1 Å². The molecule has 1 atom stereocenters. The lowest BCUT2D eigenvalue weighted by Gasteiger charge is -2.12. The predicted octanol–water partition coefficient (Wildman–Crippen LogP) is 3.45. The summed E-state index contributed by atoms with van der Waals surface area (Å²) in [4.78, 5) is 27.3. The van der Waals surface area contributed by atoms with E-state index in [9.17, 15) is 9.59 Å². The van der Waals surface area contributed by atoms with Crippen molar-refractivity contribution < 1.29 is 14.3 Å². The highest BCUT2D eigenvalue weighted by atomic mass is 35.5. The van der Waals surface area contributed by atoms with Crippen LogP contribution in [0.2, 0.25) is 10.0 Å². The zero-order chi connectivity index (χ0) is 15.8. The monoisotopic (exact) mass is 370 g/mol. The van der Waals surface area contributed by atoms with Crippen LogP contribution in [0.3, 0.4) is 0 Å². The second-order valence-electron chi connectivity index (χ2n) is 4.82. The van der Waals surface area contributed by atoms with E-state index in [-0.39, 0.29) is 17.3 Å². The van der Waals surface area contributed by atoms with E-state index in [4.69, 9.17) is 51.1 Å². The van der Waals surface area contributed by atoms with Crippen LogP contribution < -0.4 is 5.32 Å². The standard InChI is InChI=1S/C12H10Cl4N2O3/c1-11(5-12(11,15)16)10(20)21-4-8(19)18-9-7(14)2-6(13)3-17-9/h2-3H,4-5H2,1H3,(H,17,18,19). The molecule has 1 aromatic rings. The number of rotatable bonds is 4. The highest BCUT2D eigenvalue weighted by Gasteiger charge is 2.69. The second kappa shape index (κ2) is 5.80. The second-order valence-corrected chi connectivity index (χ2v) is 7.15. The number of anilines is 1. The van der Waals surface area contributed by atoms with Crippen LogP contribution in [-0.2, 0) is 14.3 Å². The molecule has 0 aromatic carbocycles. The van der Waals surface area contributed by atoms with E-state index in [1.54, 1.807) is 6.92 Å². The maximum absolute atomic E-state index is 11.8. The number of esters is 1. The molecule has 0 radical (unpaired) electrons. The lowest BCUT2D eigenvalue weighted by atomic mass is 10.1. The number of nitrogens with one attached hydrogen (secondary N) is 1. The molecule has 0 aliphatic heterocycles. The largest absolute Gasteiger partial charge is 0.455 e. The minimum Gasteiger partial charge on any atom is -0.455 e. The van der Waals surface area contributed by atoms with Gasteiger partial charge in [0, 0.05) is 12.6 Å². The molecule has 1 aromatic heterocycles. The molecule has 114 valence electrons. The van der Waals surface area contributed by atoms with Gasteiger partial charge in [-0.1, -0.05) is 23.2 Å². The summed E-state index contributed by atoms with van der Waals surface area (Å²) in [6.45, 7) is 1.09. The van der Waals surface area contributed by atoms with Crippen LogP contribution in [0.4, 0.5) is 5.82 Å². The molecule has 1 aliphatic rings. The van der Waals surface area contributed by atoms with Crippen LogP contribution in [0.25, 0.3) is 0 Å². The van der Waals surface area contributed by atoms with Gasteiger partial charge in [-0.25, -0.2) is 4.98 Å². The van der Waals surface area contributed by atoms with Crippen molar-refractivity contribution in [2.75, 3.05) is 11.9 Å². The molecule has 21 heavy (non-hydrogen) atoms. The van der Waals surface area contributed by atoms with Crippen molar-refractivity contribution in [3.05, 3.63) is 22.3 Å². The molecule has 1 saturated carbocycles. The Hall–Kier alpha value is -0.750. The summed E-state index contributed by atoms with van der Waals surface area (Å²) in [7, 11) is 0. The SMILES string of the molecule is CC1(C(=O)OCC(=O)Nc2ncc(Cl)cc2Cl)CC1(Cl)Cl. The summed E-state index contributed by atoms with van der Waals surface area (Å²) < 4.78 is 3.75. The lowest BCUT2D eigenvalue weighted by molar-refractivity contribution is -0.152. The summed E-state index contributed by atoms with van der Waals surface area (Å²) >= 11 is 23.2. The van der Waals surface area contributed by atoms with Gasteiger partial charge in [0.1, 0.15) is 9.75 Å². The number of hydrogen-bond acceptors (Lipinski definition) is 4. The van der Waals surface area contributed by atoms with Crippen LogP contribution in [-0.4, -0.2) is 27.8 Å². The molecule has 1 amide bonds. The average Bonchev–Trinajstić information content (AvgIpc) is 2.90. The third kappa shape index (κ3) is 3.54. The molecule has 9 heteroatoms. The minimum atomic E-state index is -1.14. The molecular formula is C12H10Cl4N2O3. The van der Waals surface area contributed by atoms with Crippen molar-refractivity contribution in [3.8, 4) is 0 Å². The van der Waals surface area contributed by atoms with Crippen LogP contribution in [0.1, 0.15) is 13.3 Å². The first-order valence-corrected chi connectivity index (χ1v) is 7.33. The molecule has 0 saturated heterocycles. The highest BCUT2D eigenvalue weighted by Crippen LogP contribution is 2.64. The summed E-state index contributed by atoms with van der Waals surface area (Å²) in [5, 5.41) is 2.92. The van der Waals surface area contributed by atoms with Crippen LogP contribution >= 0.6 is 46.4 Å². The van der Waals surface area contributed by atoms with Crippen molar-refractivity contribution >= 4 is 64.1 Å². The van der Waals surface area contributed by atoms with Gasteiger partial charge in [-0.2, -0.15) is 0 Å². The number of alkyl halides is 2. The first kappa shape index (κ1) is 16.6. The Balaban J connectivity index is 1.87. The molecule has 1 fully saturated rings. The molecule has 1 N–H and O–H groups in total. The van der Waals surface area contributed by atoms with Crippen molar-refractivity contribution in [1.82, 2.24) is 4.98 Å². The summed E-state index contributed by atoms with van der Waals surface area (Å²) in [6.07, 6.45) is 1.61. The van der Waals surface area contributed by atoms with Gasteiger partial charge >= 0.3 is 5.97 Å². The van der Waals surface area contributed by atoms with E-state index in [1.807, 2.05) is 0 Å². The van der Waals surface area contributed by atoms with E-state index in [1.165, 1.54) is 12.3 Å². The number of ether oxygens (including phenoxy) is 1. The van der Waals surface area contributed by atoms with E-state index in [0.717, 1.165) is 0 Å². The van der Waals surface area contributed by atoms with Gasteiger partial charge in [-0.15, -0.1) is 23.2 Å². The number of carbonyl (C=O) groups excluding carboxylic acids is 2. The van der Waals surface area contributed by atoms with E-state index in [0.29, 0.717) is 5.02 Å². The first-order valence-electron chi connectivity index (χ1n) is 5.82. The number of nitrogens with zero attached hydrogens (tertiary/aromatic N) is 1. The third-order valence-corrected chi connectivity index (χ3v) is 4.70. The van der Waals surface area contributed by atoms with Crippen molar-refractivity contribution in [3.63, 3.8) is 0 Å². The number of halogens is 4. The smallest absolute Gasteiger partial charge is 0.315 e. The lowest BCUT2D eigenvalue weighted by Crippen LogP contribution is -2.27. The maximum Gasteiger partial charge on any atom is 0.315 e. The van der Waals surface area contributed by atoms with E-state index >= 15 is 0 Å². The van der Waals surface area contributed by atoms with Gasteiger partial charge in [-0.05, 0) is 13.0 Å². The Morgan fingerprint density at radius 2 is 2.05 bits per heavy atom. The summed E-state index contributed by atoms with van der Waals surface area (Å²) in [5.41, 5.74) is -0.980. The fourth-order valence-electron chi connectivity index (χ4n) is 1.59. The van der Waals surface area contributed by atoms with Gasteiger partial charge in [0.2, 0.25) is 0 Å². The average molecular weight is 372 g/mol. The van der Waals surface area contributed by atoms with Gasteiger partial charge in [0.25, 0.3) is 5.91 Å². The number of pyridine rings is 1. The Morgan fingerprint density at radius 3 is 2.57 bits per heavy atom. The fourth-order valence-corrected chi connectivity index (χ4v) is 2.70. The fraction of sp³-hybridized carbons (Fsp3) is 0.417. The predicted molar refractivity (Wildman–Crippen MR) is 81.0 cm³/mol. The number of carbonyl (C=O) groups is 2.